The zero-order valence-electron chi connectivity index (χ0n) is 14.9. The number of ketones is 1. The number of hydrogen-bond acceptors (Lipinski definition) is 7. The number of hydrogen-bond donors (Lipinski definition) is 0. The van der Waals surface area contributed by atoms with Crippen LogP contribution in [0, 0.1) is 10.1 Å². The van der Waals surface area contributed by atoms with Gasteiger partial charge in [-0.15, -0.1) is 0 Å². The Morgan fingerprint density at radius 2 is 1.72 bits per heavy atom. The molecule has 2 aliphatic heterocycles. The number of nitro benzene ring substituents is 1. The zero-order valence-corrected chi connectivity index (χ0v) is 14.9. The summed E-state index contributed by atoms with van der Waals surface area (Å²) in [4.78, 5) is 23.6. The van der Waals surface area contributed by atoms with E-state index in [4.69, 9.17) is 18.6 Å². The highest BCUT2D eigenvalue weighted by Gasteiger charge is 2.28. The number of ether oxygens (including phenoxy) is 3. The Morgan fingerprint density at radius 1 is 0.931 bits per heavy atom. The van der Waals surface area contributed by atoms with E-state index in [1.165, 1.54) is 6.07 Å². The molecule has 8 heteroatoms. The fourth-order valence-corrected chi connectivity index (χ4v) is 3.31. The second-order valence-electron chi connectivity index (χ2n) is 6.47. The lowest BCUT2D eigenvalue weighted by Gasteiger charge is -2.18. The third-order valence-corrected chi connectivity index (χ3v) is 4.70. The molecule has 0 saturated carbocycles. The third-order valence-electron chi connectivity index (χ3n) is 4.70. The minimum atomic E-state index is -0.463. The van der Waals surface area contributed by atoms with Crippen molar-refractivity contribution in [3.05, 3.63) is 75.5 Å². The lowest BCUT2D eigenvalue weighted by molar-refractivity contribution is -0.384. The smallest absolute Gasteiger partial charge is 0.280 e. The van der Waals surface area contributed by atoms with Crippen molar-refractivity contribution in [1.29, 1.82) is 0 Å². The van der Waals surface area contributed by atoms with Crippen LogP contribution in [-0.4, -0.2) is 24.1 Å². The van der Waals surface area contributed by atoms with E-state index in [2.05, 4.69) is 0 Å². The summed E-state index contributed by atoms with van der Waals surface area (Å²) in [5.74, 6) is 2.03. The van der Waals surface area contributed by atoms with Gasteiger partial charge >= 0.3 is 0 Å². The molecule has 0 spiro atoms. The molecule has 0 saturated heterocycles. The van der Waals surface area contributed by atoms with Crippen LogP contribution >= 0.6 is 0 Å². The molecule has 5 rings (SSSR count). The maximum atomic E-state index is 12.9. The molecule has 3 aromatic rings. The summed E-state index contributed by atoms with van der Waals surface area (Å²) >= 11 is 0. The highest BCUT2D eigenvalue weighted by Crippen LogP contribution is 2.41. The van der Waals surface area contributed by atoms with E-state index in [-0.39, 0.29) is 24.9 Å². The van der Waals surface area contributed by atoms with Crippen molar-refractivity contribution in [3.8, 4) is 28.6 Å². The van der Waals surface area contributed by atoms with Crippen molar-refractivity contribution in [2.75, 3.05) is 13.4 Å². The van der Waals surface area contributed by atoms with Crippen LogP contribution in [0.3, 0.4) is 0 Å². The van der Waals surface area contributed by atoms with Gasteiger partial charge in [0.15, 0.2) is 17.3 Å². The highest BCUT2D eigenvalue weighted by molar-refractivity contribution is 6.14. The predicted molar refractivity (Wildman–Crippen MR) is 101 cm³/mol. The average molecular weight is 391 g/mol. The quantitative estimate of drug-likeness (QED) is 0.374. The van der Waals surface area contributed by atoms with Crippen LogP contribution in [0.1, 0.15) is 16.1 Å². The maximum absolute atomic E-state index is 12.9. The molecule has 0 atom stereocenters. The van der Waals surface area contributed by atoms with Crippen molar-refractivity contribution >= 4 is 17.5 Å². The summed E-state index contributed by atoms with van der Waals surface area (Å²) in [7, 11) is 0. The topological polar surface area (TPSA) is 101 Å². The number of carbonyl (C=O) groups excluding carboxylic acids is 1. The van der Waals surface area contributed by atoms with Crippen LogP contribution in [0.2, 0.25) is 0 Å². The first-order valence-corrected chi connectivity index (χ1v) is 8.75. The molecule has 2 aliphatic rings. The molecule has 8 nitrogen and oxygen atoms in total. The number of rotatable bonds is 3. The van der Waals surface area contributed by atoms with E-state index >= 15 is 0 Å². The summed E-state index contributed by atoms with van der Waals surface area (Å²) in [6.45, 7) is 0.183. The number of para-hydroxylation sites is 1. The van der Waals surface area contributed by atoms with Gasteiger partial charge in [0.25, 0.3) is 5.69 Å². The van der Waals surface area contributed by atoms with Crippen molar-refractivity contribution in [2.24, 2.45) is 0 Å². The Labute approximate surface area is 164 Å². The summed E-state index contributed by atoms with van der Waals surface area (Å²) in [5.41, 5.74) is 1.10. The number of benzene rings is 2. The molecule has 29 heavy (non-hydrogen) atoms. The van der Waals surface area contributed by atoms with Gasteiger partial charge in [-0.2, -0.15) is 0 Å². The lowest BCUT2D eigenvalue weighted by Crippen LogP contribution is -2.18. The number of nitro groups is 1. The molecule has 144 valence electrons. The molecule has 1 aromatic heterocycles. The Balaban J connectivity index is 1.47. The highest BCUT2D eigenvalue weighted by atomic mass is 16.7. The van der Waals surface area contributed by atoms with Crippen LogP contribution in [0.15, 0.2) is 58.5 Å². The van der Waals surface area contributed by atoms with Crippen LogP contribution in [0.25, 0.3) is 17.4 Å². The van der Waals surface area contributed by atoms with Gasteiger partial charge in [0, 0.05) is 17.7 Å². The van der Waals surface area contributed by atoms with Gasteiger partial charge in [0.05, 0.1) is 16.1 Å². The molecule has 2 aromatic carbocycles. The first kappa shape index (κ1) is 17.1. The SMILES string of the molecule is O=C1/C(=C/c2ccc(-c3ccccc3[N+](=O)[O-])o2)COc2cc3c(cc21)OCO3. The molecule has 0 N–H and O–H groups in total. The molecule has 0 bridgehead atoms. The predicted octanol–water partition coefficient (Wildman–Crippen LogP) is 4.24. The summed E-state index contributed by atoms with van der Waals surface area (Å²) in [5, 5.41) is 11.2. The molecule has 0 amide bonds. The number of furan rings is 1. The molecule has 0 aliphatic carbocycles. The number of carbonyl (C=O) groups is 1. The van der Waals surface area contributed by atoms with Crippen molar-refractivity contribution < 1.29 is 28.3 Å². The van der Waals surface area contributed by atoms with Crippen molar-refractivity contribution in [1.82, 2.24) is 0 Å². The number of nitrogens with zero attached hydrogens (tertiary/aromatic N) is 1. The number of Topliss-reactive ketones (excluding diaryl/α,β-unsaturated/α-hetero) is 1. The summed E-state index contributed by atoms with van der Waals surface area (Å²) < 4.78 is 22.1. The standard InChI is InChI=1S/C21H13NO7/c23-21-12(10-26-18-9-20-19(8-15(18)21)27-11-28-20)7-13-5-6-17(29-13)14-3-1-2-4-16(14)22(24)25/h1-9H,10-11H2/b12-7+. The second-order valence-corrected chi connectivity index (χ2v) is 6.47. The normalized spacial score (nSPS) is 15.9. The van der Waals surface area contributed by atoms with E-state index < -0.39 is 4.92 Å². The Morgan fingerprint density at radius 3 is 2.55 bits per heavy atom. The first-order chi connectivity index (χ1) is 14.1. The summed E-state index contributed by atoms with van der Waals surface area (Å²) in [6.07, 6.45) is 1.58. The Bertz CT molecular complexity index is 1190. The fourth-order valence-electron chi connectivity index (χ4n) is 3.31. The fraction of sp³-hybridized carbons (Fsp3) is 0.0952. The Kier molecular flexibility index (Phi) is 3.83. The number of fused-ring (bicyclic) bond motifs is 2. The minimum absolute atomic E-state index is 0.0527. The molecule has 3 heterocycles. The van der Waals surface area contributed by atoms with Gasteiger partial charge in [-0.05, 0) is 30.3 Å². The van der Waals surface area contributed by atoms with Crippen LogP contribution in [0.5, 0.6) is 17.2 Å². The maximum Gasteiger partial charge on any atom is 0.280 e. The average Bonchev–Trinajstić information content (AvgIpc) is 3.38. The zero-order chi connectivity index (χ0) is 20.0. The van der Waals surface area contributed by atoms with Gasteiger partial charge in [-0.25, -0.2) is 0 Å². The van der Waals surface area contributed by atoms with Gasteiger partial charge < -0.3 is 18.6 Å². The van der Waals surface area contributed by atoms with E-state index in [0.29, 0.717) is 45.5 Å². The second kappa shape index (κ2) is 6.52. The molecular formula is C21H13NO7. The van der Waals surface area contributed by atoms with Crippen LogP contribution in [-0.2, 0) is 0 Å². The van der Waals surface area contributed by atoms with Gasteiger partial charge in [-0.3, -0.25) is 14.9 Å². The van der Waals surface area contributed by atoms with Crippen LogP contribution < -0.4 is 14.2 Å². The molecule has 0 unspecified atom stereocenters. The largest absolute Gasteiger partial charge is 0.488 e. The Hall–Kier alpha value is -4.07. The van der Waals surface area contributed by atoms with Gasteiger partial charge in [0.2, 0.25) is 6.79 Å². The summed E-state index contributed by atoms with van der Waals surface area (Å²) in [6, 6.07) is 12.9. The monoisotopic (exact) mass is 391 g/mol. The van der Waals surface area contributed by atoms with Crippen molar-refractivity contribution in [2.45, 2.75) is 0 Å². The minimum Gasteiger partial charge on any atom is -0.488 e. The third kappa shape index (κ3) is 2.91. The van der Waals surface area contributed by atoms with Gasteiger partial charge in [-0.1, -0.05) is 12.1 Å². The van der Waals surface area contributed by atoms with Crippen molar-refractivity contribution in [3.63, 3.8) is 0 Å². The van der Waals surface area contributed by atoms with Crippen LogP contribution in [0.4, 0.5) is 5.69 Å². The van der Waals surface area contributed by atoms with E-state index in [1.54, 1.807) is 48.5 Å². The van der Waals surface area contributed by atoms with E-state index in [9.17, 15) is 14.9 Å². The molecular weight excluding hydrogens is 378 g/mol. The molecule has 0 fully saturated rings. The molecule has 0 radical (unpaired) electrons. The van der Waals surface area contributed by atoms with E-state index in [1.807, 2.05) is 0 Å². The lowest BCUT2D eigenvalue weighted by atomic mass is 9.99. The van der Waals surface area contributed by atoms with Gasteiger partial charge in [0.1, 0.15) is 23.9 Å². The first-order valence-electron chi connectivity index (χ1n) is 8.75. The van der Waals surface area contributed by atoms with E-state index in [0.717, 1.165) is 0 Å².